The molecule has 27 heavy (non-hydrogen) atoms. The molecule has 1 aliphatic heterocycles. The quantitative estimate of drug-likeness (QED) is 0.683. The number of primary amides is 1. The number of hydrogen-bond donors (Lipinski definition) is 2. The van der Waals surface area contributed by atoms with Gasteiger partial charge in [-0.05, 0) is 62.2 Å². The second-order valence-electron chi connectivity index (χ2n) is 9.36. The molecule has 0 aliphatic carbocycles. The SMILES string of the molecule is C[C@H](CC(N)=O)N1CCC(Nc2ccc(O[Si](C)(C)C(C)(C)C)cc2)CC1. The molecule has 3 N–H and O–H groups in total. The van der Waals surface area contributed by atoms with E-state index in [1.54, 1.807) is 0 Å². The molecule has 1 saturated heterocycles. The van der Waals surface area contributed by atoms with Crippen LogP contribution in [0.1, 0.15) is 47.0 Å². The summed E-state index contributed by atoms with van der Waals surface area (Å²) in [5.74, 6) is 0.741. The van der Waals surface area contributed by atoms with Gasteiger partial charge in [0.1, 0.15) is 5.75 Å². The Morgan fingerprint density at radius 3 is 2.30 bits per heavy atom. The standard InChI is InChI=1S/C21H37N3O2Si/c1-16(15-20(22)25)24-13-11-18(12-14-24)23-17-7-9-19(10-8-17)26-27(5,6)21(2,3)4/h7-10,16,18,23H,11-15H2,1-6H3,(H2,22,25)/t16-/m1/s1. The van der Waals surface area contributed by atoms with Crippen molar-refractivity contribution in [2.75, 3.05) is 18.4 Å². The second-order valence-corrected chi connectivity index (χ2v) is 14.1. The van der Waals surface area contributed by atoms with Crippen LogP contribution in [0.4, 0.5) is 5.69 Å². The lowest BCUT2D eigenvalue weighted by molar-refractivity contribution is -0.119. The fourth-order valence-electron chi connectivity index (χ4n) is 3.21. The van der Waals surface area contributed by atoms with Crippen LogP contribution in [0.3, 0.4) is 0 Å². The minimum Gasteiger partial charge on any atom is -0.544 e. The maximum Gasteiger partial charge on any atom is 0.250 e. The number of carbonyl (C=O) groups excluding carboxylic acids is 1. The Kier molecular flexibility index (Phi) is 6.97. The number of nitrogens with one attached hydrogen (secondary N) is 1. The molecule has 0 bridgehead atoms. The van der Waals surface area contributed by atoms with Crippen molar-refractivity contribution in [1.29, 1.82) is 0 Å². The van der Waals surface area contributed by atoms with Crippen LogP contribution in [-0.4, -0.2) is 44.3 Å². The molecule has 1 amide bonds. The van der Waals surface area contributed by atoms with E-state index in [1.807, 2.05) is 0 Å². The predicted octanol–water partition coefficient (Wildman–Crippen LogP) is 4.21. The summed E-state index contributed by atoms with van der Waals surface area (Å²) in [5.41, 5.74) is 6.46. The fourth-order valence-corrected chi connectivity index (χ4v) is 4.24. The zero-order valence-electron chi connectivity index (χ0n) is 17.8. The molecule has 1 atom stereocenters. The molecule has 1 fully saturated rings. The highest BCUT2D eigenvalue weighted by molar-refractivity contribution is 6.74. The Bertz CT molecular complexity index is 617. The number of hydrogen-bond acceptors (Lipinski definition) is 4. The average Bonchev–Trinajstić information content (AvgIpc) is 2.55. The lowest BCUT2D eigenvalue weighted by Gasteiger charge is -2.37. The van der Waals surface area contributed by atoms with Gasteiger partial charge in [-0.25, -0.2) is 0 Å². The van der Waals surface area contributed by atoms with E-state index in [0.29, 0.717) is 12.5 Å². The number of nitrogens with two attached hydrogens (primary N) is 1. The molecule has 1 heterocycles. The molecule has 0 saturated carbocycles. The summed E-state index contributed by atoms with van der Waals surface area (Å²) in [5, 5.41) is 3.84. The van der Waals surface area contributed by atoms with E-state index in [-0.39, 0.29) is 17.0 Å². The number of anilines is 1. The van der Waals surface area contributed by atoms with Gasteiger partial charge in [0, 0.05) is 37.3 Å². The molecular weight excluding hydrogens is 354 g/mol. The van der Waals surface area contributed by atoms with Crippen LogP contribution in [0.15, 0.2) is 24.3 Å². The van der Waals surface area contributed by atoms with Crippen LogP contribution < -0.4 is 15.5 Å². The summed E-state index contributed by atoms with van der Waals surface area (Å²) in [7, 11) is -1.79. The molecule has 5 nitrogen and oxygen atoms in total. The van der Waals surface area contributed by atoms with Crippen molar-refractivity contribution in [3.05, 3.63) is 24.3 Å². The van der Waals surface area contributed by atoms with Gasteiger partial charge in [0.15, 0.2) is 0 Å². The van der Waals surface area contributed by atoms with E-state index in [0.717, 1.165) is 37.4 Å². The van der Waals surface area contributed by atoms with Gasteiger partial charge in [0.2, 0.25) is 14.2 Å². The van der Waals surface area contributed by atoms with Crippen molar-refractivity contribution in [3.63, 3.8) is 0 Å². The maximum atomic E-state index is 11.1. The second kappa shape index (κ2) is 8.65. The highest BCUT2D eigenvalue weighted by Gasteiger charge is 2.38. The van der Waals surface area contributed by atoms with Gasteiger partial charge < -0.3 is 15.5 Å². The zero-order valence-corrected chi connectivity index (χ0v) is 18.8. The topological polar surface area (TPSA) is 67.6 Å². The third-order valence-electron chi connectivity index (χ3n) is 6.05. The Morgan fingerprint density at radius 2 is 1.81 bits per heavy atom. The highest BCUT2D eigenvalue weighted by Crippen LogP contribution is 2.37. The minimum absolute atomic E-state index is 0.198. The van der Waals surface area contributed by atoms with E-state index < -0.39 is 8.32 Å². The predicted molar refractivity (Wildman–Crippen MR) is 116 cm³/mol. The maximum absolute atomic E-state index is 11.1. The largest absolute Gasteiger partial charge is 0.544 e. The smallest absolute Gasteiger partial charge is 0.250 e. The van der Waals surface area contributed by atoms with Crippen LogP contribution in [0.2, 0.25) is 18.1 Å². The number of carbonyl (C=O) groups is 1. The summed E-state index contributed by atoms with van der Waals surface area (Å²) < 4.78 is 6.35. The molecule has 152 valence electrons. The zero-order chi connectivity index (χ0) is 20.2. The van der Waals surface area contributed by atoms with E-state index in [9.17, 15) is 4.79 Å². The number of piperidine rings is 1. The number of likely N-dealkylation sites (tertiary alicyclic amines) is 1. The van der Waals surface area contributed by atoms with Gasteiger partial charge in [0.25, 0.3) is 0 Å². The van der Waals surface area contributed by atoms with Crippen molar-refractivity contribution in [2.24, 2.45) is 5.73 Å². The van der Waals surface area contributed by atoms with Crippen molar-refractivity contribution < 1.29 is 9.22 Å². The molecule has 0 aromatic heterocycles. The van der Waals surface area contributed by atoms with Gasteiger partial charge >= 0.3 is 0 Å². The molecule has 6 heteroatoms. The lowest BCUT2D eigenvalue weighted by Crippen LogP contribution is -2.44. The van der Waals surface area contributed by atoms with Gasteiger partial charge in [0.05, 0.1) is 0 Å². The molecule has 0 spiro atoms. The molecule has 0 unspecified atom stereocenters. The van der Waals surface area contributed by atoms with E-state index >= 15 is 0 Å². The summed E-state index contributed by atoms with van der Waals surface area (Å²) in [6.07, 6.45) is 2.59. The number of amides is 1. The van der Waals surface area contributed by atoms with Crippen LogP contribution >= 0.6 is 0 Å². The molecule has 1 aliphatic rings. The monoisotopic (exact) mass is 391 g/mol. The first-order chi connectivity index (χ1) is 12.5. The van der Waals surface area contributed by atoms with Crippen LogP contribution in [-0.2, 0) is 4.79 Å². The fraction of sp³-hybridized carbons (Fsp3) is 0.667. The number of benzene rings is 1. The summed E-state index contributed by atoms with van der Waals surface area (Å²) in [6, 6.07) is 9.08. The number of nitrogens with zero attached hydrogens (tertiary/aromatic N) is 1. The lowest BCUT2D eigenvalue weighted by atomic mass is 10.0. The molecule has 1 aromatic carbocycles. The Labute approximate surface area is 165 Å². The van der Waals surface area contributed by atoms with E-state index in [1.165, 1.54) is 0 Å². The van der Waals surface area contributed by atoms with Gasteiger partial charge in [-0.15, -0.1) is 0 Å². The van der Waals surface area contributed by atoms with Gasteiger partial charge in [-0.2, -0.15) is 0 Å². The Balaban J connectivity index is 1.85. The highest BCUT2D eigenvalue weighted by atomic mass is 28.4. The van der Waals surface area contributed by atoms with Crippen LogP contribution in [0.5, 0.6) is 5.75 Å². The number of rotatable bonds is 7. The molecule has 0 radical (unpaired) electrons. The van der Waals surface area contributed by atoms with Crippen molar-refractivity contribution in [3.8, 4) is 5.75 Å². The van der Waals surface area contributed by atoms with Crippen molar-refractivity contribution in [2.45, 2.75) is 77.2 Å². The minimum atomic E-state index is -1.79. The molecular formula is C21H37N3O2Si. The van der Waals surface area contributed by atoms with Crippen LogP contribution in [0.25, 0.3) is 0 Å². The third kappa shape index (κ3) is 6.25. The van der Waals surface area contributed by atoms with Gasteiger partial charge in [-0.1, -0.05) is 20.8 Å². The van der Waals surface area contributed by atoms with E-state index in [4.69, 9.17) is 10.2 Å². The first kappa shape index (κ1) is 21.8. The first-order valence-electron chi connectivity index (χ1n) is 10.1. The van der Waals surface area contributed by atoms with Crippen molar-refractivity contribution >= 4 is 19.9 Å². The van der Waals surface area contributed by atoms with E-state index in [2.05, 4.69) is 75.3 Å². The Morgan fingerprint density at radius 1 is 1.26 bits per heavy atom. The van der Waals surface area contributed by atoms with Crippen molar-refractivity contribution in [1.82, 2.24) is 4.90 Å². The summed E-state index contributed by atoms with van der Waals surface area (Å²) >= 11 is 0. The Hall–Kier alpha value is -1.53. The first-order valence-corrected chi connectivity index (χ1v) is 13.0. The summed E-state index contributed by atoms with van der Waals surface area (Å²) in [6.45, 7) is 15.4. The normalized spacial score (nSPS) is 18.1. The average molecular weight is 392 g/mol. The van der Waals surface area contributed by atoms with Gasteiger partial charge in [-0.3, -0.25) is 9.69 Å². The third-order valence-corrected chi connectivity index (χ3v) is 10.4. The molecule has 1 aromatic rings. The van der Waals surface area contributed by atoms with Crippen LogP contribution in [0, 0.1) is 0 Å². The summed E-state index contributed by atoms with van der Waals surface area (Å²) in [4.78, 5) is 13.5. The molecule has 2 rings (SSSR count).